The molecule has 0 unspecified atom stereocenters. The van der Waals surface area contributed by atoms with Crippen LogP contribution in [0.4, 0.5) is 11.4 Å². The van der Waals surface area contributed by atoms with E-state index in [9.17, 15) is 20.0 Å². The Kier molecular flexibility index (Phi) is 4.12. The Morgan fingerprint density at radius 1 is 1.36 bits per heavy atom. The van der Waals surface area contributed by atoms with E-state index in [1.165, 1.54) is 18.3 Å². The van der Waals surface area contributed by atoms with Crippen molar-refractivity contribution in [3.05, 3.63) is 45.2 Å². The van der Waals surface area contributed by atoms with Gasteiger partial charge in [-0.15, -0.1) is 0 Å². The van der Waals surface area contributed by atoms with E-state index >= 15 is 0 Å². The van der Waals surface area contributed by atoms with Crippen molar-refractivity contribution >= 4 is 23.4 Å². The van der Waals surface area contributed by atoms with E-state index in [-0.39, 0.29) is 28.2 Å². The van der Waals surface area contributed by atoms with Crippen LogP contribution in [0.15, 0.2) is 34.5 Å². The van der Waals surface area contributed by atoms with Crippen LogP contribution in [-0.4, -0.2) is 22.0 Å². The molecule has 0 saturated carbocycles. The molecule has 116 valence electrons. The topological polar surface area (TPSA) is 92.8 Å². The van der Waals surface area contributed by atoms with Crippen LogP contribution in [0.3, 0.4) is 0 Å². The van der Waals surface area contributed by atoms with E-state index in [0.717, 1.165) is 0 Å². The second-order valence-electron chi connectivity index (χ2n) is 6.24. The summed E-state index contributed by atoms with van der Waals surface area (Å²) in [5.74, 6) is -0.145. The number of aliphatic hydroxyl groups excluding tert-OH is 1. The number of Topliss-reactive ketones (excluding diaryl/α,β-unsaturated/α-hetero) is 1. The lowest BCUT2D eigenvalue weighted by Crippen LogP contribution is -2.26. The van der Waals surface area contributed by atoms with Crippen molar-refractivity contribution in [3.63, 3.8) is 0 Å². The van der Waals surface area contributed by atoms with Crippen LogP contribution >= 0.6 is 0 Å². The zero-order chi connectivity index (χ0) is 16.5. The molecule has 0 radical (unpaired) electrons. The maximum absolute atomic E-state index is 12.1. The molecule has 1 aliphatic carbocycles. The van der Waals surface area contributed by atoms with Crippen molar-refractivity contribution in [3.8, 4) is 0 Å². The normalized spacial score (nSPS) is 18.0. The van der Waals surface area contributed by atoms with Crippen LogP contribution in [0.2, 0.25) is 0 Å². The monoisotopic (exact) mass is 302 g/mol. The molecule has 2 rings (SSSR count). The number of carbonyl (C=O) groups is 1. The van der Waals surface area contributed by atoms with Crippen LogP contribution in [-0.2, 0) is 4.79 Å². The number of benzene rings is 1. The van der Waals surface area contributed by atoms with Gasteiger partial charge >= 0.3 is 0 Å². The quantitative estimate of drug-likeness (QED) is 0.522. The van der Waals surface area contributed by atoms with Gasteiger partial charge in [-0.3, -0.25) is 19.9 Å². The molecule has 6 nitrogen and oxygen atoms in total. The lowest BCUT2D eigenvalue weighted by atomic mass is 9.77. The average Bonchev–Trinajstić information content (AvgIpc) is 2.37. The molecule has 1 aromatic rings. The third-order valence-corrected chi connectivity index (χ3v) is 3.70. The summed E-state index contributed by atoms with van der Waals surface area (Å²) < 4.78 is 0. The van der Waals surface area contributed by atoms with E-state index < -0.39 is 4.92 Å². The molecule has 1 aliphatic rings. The zero-order valence-corrected chi connectivity index (χ0v) is 12.8. The number of hydrogen-bond donors (Lipinski definition) is 1. The van der Waals surface area contributed by atoms with E-state index in [4.69, 9.17) is 0 Å². The van der Waals surface area contributed by atoms with Crippen molar-refractivity contribution in [2.45, 2.75) is 33.6 Å². The van der Waals surface area contributed by atoms with Gasteiger partial charge in [-0.1, -0.05) is 19.9 Å². The summed E-state index contributed by atoms with van der Waals surface area (Å²) in [7, 11) is 0. The lowest BCUT2D eigenvalue weighted by molar-refractivity contribution is -0.385. The van der Waals surface area contributed by atoms with E-state index in [0.29, 0.717) is 24.1 Å². The molecule has 1 aromatic carbocycles. The first-order valence-electron chi connectivity index (χ1n) is 6.95. The predicted octanol–water partition coefficient (Wildman–Crippen LogP) is 3.81. The maximum Gasteiger partial charge on any atom is 0.274 e. The van der Waals surface area contributed by atoms with Gasteiger partial charge in [-0.2, -0.15) is 0 Å². The maximum atomic E-state index is 12.1. The smallest absolute Gasteiger partial charge is 0.274 e. The number of carbonyl (C=O) groups excluding carboxylic acids is 1. The molecule has 0 aliphatic heterocycles. The number of aliphatic imine (C=N–C) groups is 1. The van der Waals surface area contributed by atoms with Crippen molar-refractivity contribution in [1.82, 2.24) is 0 Å². The molecule has 6 heteroatoms. The molecule has 0 bridgehead atoms. The molecule has 0 spiro atoms. The number of ketones is 1. The van der Waals surface area contributed by atoms with E-state index in [2.05, 4.69) is 4.99 Å². The molecule has 0 heterocycles. The Balaban J connectivity index is 2.35. The highest BCUT2D eigenvalue weighted by atomic mass is 16.6. The second-order valence-corrected chi connectivity index (χ2v) is 6.24. The van der Waals surface area contributed by atoms with Gasteiger partial charge in [0.15, 0.2) is 5.78 Å². The van der Waals surface area contributed by atoms with Crippen LogP contribution in [0.1, 0.15) is 32.3 Å². The first kappa shape index (κ1) is 15.9. The molecular formula is C16H18N2O4. The summed E-state index contributed by atoms with van der Waals surface area (Å²) in [5.41, 5.74) is 0.730. The predicted molar refractivity (Wildman–Crippen MR) is 83.7 cm³/mol. The Morgan fingerprint density at radius 2 is 2.05 bits per heavy atom. The van der Waals surface area contributed by atoms with Crippen molar-refractivity contribution in [1.29, 1.82) is 0 Å². The molecule has 0 amide bonds. The highest BCUT2D eigenvalue weighted by Crippen LogP contribution is 2.35. The second kappa shape index (κ2) is 5.71. The Labute approximate surface area is 128 Å². The number of nitro groups is 1. The molecule has 22 heavy (non-hydrogen) atoms. The summed E-state index contributed by atoms with van der Waals surface area (Å²) in [6.45, 7) is 5.43. The summed E-state index contributed by atoms with van der Waals surface area (Å²) in [6, 6.07) is 4.57. The first-order valence-corrected chi connectivity index (χ1v) is 6.95. The fourth-order valence-corrected chi connectivity index (χ4v) is 2.53. The van der Waals surface area contributed by atoms with Gasteiger partial charge < -0.3 is 5.11 Å². The van der Waals surface area contributed by atoms with Gasteiger partial charge in [-0.25, -0.2) is 0 Å². The Morgan fingerprint density at radius 3 is 2.64 bits per heavy atom. The molecule has 0 atom stereocenters. The molecule has 0 aromatic heterocycles. The van der Waals surface area contributed by atoms with Crippen molar-refractivity contribution < 1.29 is 14.8 Å². The highest BCUT2D eigenvalue weighted by molar-refractivity contribution is 6.15. The minimum atomic E-state index is -0.473. The molecular weight excluding hydrogens is 284 g/mol. The average molecular weight is 302 g/mol. The van der Waals surface area contributed by atoms with Crippen LogP contribution in [0.25, 0.3) is 0 Å². The fourth-order valence-electron chi connectivity index (χ4n) is 2.53. The third-order valence-electron chi connectivity index (χ3n) is 3.70. The Bertz CT molecular complexity index is 702. The van der Waals surface area contributed by atoms with Gasteiger partial charge in [0.1, 0.15) is 5.76 Å². The van der Waals surface area contributed by atoms with Crippen molar-refractivity contribution in [2.24, 2.45) is 10.4 Å². The number of allylic oxidation sites excluding steroid dienone is 2. The molecule has 1 N–H and O–H groups in total. The minimum Gasteiger partial charge on any atom is -0.511 e. The number of aliphatic hydroxyl groups is 1. The van der Waals surface area contributed by atoms with E-state index in [1.807, 2.05) is 13.8 Å². The summed E-state index contributed by atoms with van der Waals surface area (Å²) in [5, 5.41) is 20.9. The van der Waals surface area contributed by atoms with Gasteiger partial charge in [0.05, 0.1) is 21.7 Å². The number of nitrogens with zero attached hydrogens (tertiary/aromatic N) is 2. The van der Waals surface area contributed by atoms with Gasteiger partial charge in [0.25, 0.3) is 5.69 Å². The van der Waals surface area contributed by atoms with E-state index in [1.54, 1.807) is 13.0 Å². The Hall–Kier alpha value is -2.50. The van der Waals surface area contributed by atoms with Gasteiger partial charge in [0.2, 0.25) is 0 Å². The standard InChI is InChI=1S/C16H18N2O4/c1-10-12(5-4-6-13(10)18(21)22)17-9-11-14(19)7-16(2,3)8-15(11)20/h4-6,9,19H,7-8H2,1-3H3. The molecule has 0 fully saturated rings. The van der Waals surface area contributed by atoms with Crippen molar-refractivity contribution in [2.75, 3.05) is 0 Å². The SMILES string of the molecule is Cc1c(N=CC2=C(O)CC(C)(C)CC2=O)cccc1[N+](=O)[O-]. The lowest BCUT2D eigenvalue weighted by Gasteiger charge is -2.28. The molecule has 0 saturated heterocycles. The summed E-state index contributed by atoms with van der Waals surface area (Å²) in [4.78, 5) is 26.7. The zero-order valence-electron chi connectivity index (χ0n) is 12.8. The summed E-state index contributed by atoms with van der Waals surface area (Å²) in [6.07, 6.45) is 2.05. The van der Waals surface area contributed by atoms with Gasteiger partial charge in [0, 0.05) is 25.1 Å². The third kappa shape index (κ3) is 3.21. The number of rotatable bonds is 3. The van der Waals surface area contributed by atoms with Gasteiger partial charge in [-0.05, 0) is 18.4 Å². The number of hydrogen-bond acceptors (Lipinski definition) is 5. The van der Waals surface area contributed by atoms with Crippen LogP contribution in [0, 0.1) is 22.5 Å². The fraction of sp³-hybridized carbons (Fsp3) is 0.375. The summed E-state index contributed by atoms with van der Waals surface area (Å²) >= 11 is 0. The largest absolute Gasteiger partial charge is 0.511 e. The minimum absolute atomic E-state index is 0.0214. The first-order chi connectivity index (χ1) is 10.2. The van der Waals surface area contributed by atoms with Crippen LogP contribution in [0.5, 0.6) is 0 Å². The van der Waals surface area contributed by atoms with Crippen LogP contribution < -0.4 is 0 Å². The highest BCUT2D eigenvalue weighted by Gasteiger charge is 2.32. The number of nitro benzene ring substituents is 1.